The van der Waals surface area contributed by atoms with E-state index >= 15 is 0 Å². The molecule has 0 spiro atoms. The molecule has 0 aliphatic carbocycles. The Morgan fingerprint density at radius 3 is 1.82 bits per heavy atom. The molecule has 1 N–H and O–H groups in total. The summed E-state index contributed by atoms with van der Waals surface area (Å²) < 4.78 is 2.28. The summed E-state index contributed by atoms with van der Waals surface area (Å²) in [5.74, 6) is 1.44. The molecular weight excluding hydrogens is 755 g/mol. The first-order valence-corrected chi connectivity index (χ1v) is 22.1. The highest BCUT2D eigenvalue weighted by Crippen LogP contribution is 2.45. The molecule has 62 heavy (non-hydrogen) atoms. The smallest absolute Gasteiger partial charge is 0.149 e. The number of para-hydroxylation sites is 1. The molecular formula is C58H61N3O. The molecule has 0 bridgehead atoms. The molecule has 0 saturated carbocycles. The fourth-order valence-corrected chi connectivity index (χ4v) is 8.57. The third kappa shape index (κ3) is 8.48. The van der Waals surface area contributed by atoms with Gasteiger partial charge in [-0.3, -0.25) is 9.55 Å². The number of phenolic OH excluding ortho intramolecular Hbond substituents is 1. The van der Waals surface area contributed by atoms with Crippen molar-refractivity contribution in [3.63, 3.8) is 0 Å². The summed E-state index contributed by atoms with van der Waals surface area (Å²) in [5, 5.41) is 12.5. The summed E-state index contributed by atoms with van der Waals surface area (Å²) in [6, 6.07) is 50.0. The predicted molar refractivity (Wildman–Crippen MR) is 262 cm³/mol. The molecule has 0 fully saturated rings. The van der Waals surface area contributed by atoms with Gasteiger partial charge in [-0.15, -0.1) is 0 Å². The lowest BCUT2D eigenvalue weighted by Crippen LogP contribution is -2.17. The van der Waals surface area contributed by atoms with Gasteiger partial charge in [0.25, 0.3) is 0 Å². The van der Waals surface area contributed by atoms with Crippen molar-refractivity contribution in [3.05, 3.63) is 168 Å². The minimum Gasteiger partial charge on any atom is -0.507 e. The first-order valence-electron chi connectivity index (χ1n) is 22.1. The van der Waals surface area contributed by atoms with Crippen LogP contribution in [0.3, 0.4) is 0 Å². The first kappa shape index (κ1) is 42.4. The van der Waals surface area contributed by atoms with Crippen molar-refractivity contribution in [1.29, 1.82) is 0 Å². The molecule has 0 amide bonds. The molecule has 0 saturated heterocycles. The SMILES string of the molecule is CC(C)Cc1cc(-n2c(-c3cc(C(C)(C)C)cc(C(C)(C)C)c3O)nc3c(-c4cc(-c5cc(-c6ccccc6)ccn5)cc(C(C)(C)C)c4)cccc32)ccc1-c1ccccc1. The minimum absolute atomic E-state index is 0.129. The number of benzene rings is 6. The third-order valence-corrected chi connectivity index (χ3v) is 12.0. The molecule has 6 aromatic carbocycles. The molecule has 0 atom stereocenters. The van der Waals surface area contributed by atoms with Gasteiger partial charge >= 0.3 is 0 Å². The predicted octanol–water partition coefficient (Wildman–Crippen LogP) is 15.6. The monoisotopic (exact) mass is 815 g/mol. The van der Waals surface area contributed by atoms with Crippen LogP contribution in [0.25, 0.3) is 72.7 Å². The van der Waals surface area contributed by atoms with Gasteiger partial charge in [0.05, 0.1) is 22.3 Å². The van der Waals surface area contributed by atoms with Gasteiger partial charge in [0.15, 0.2) is 0 Å². The summed E-state index contributed by atoms with van der Waals surface area (Å²) in [6.07, 6.45) is 2.84. The van der Waals surface area contributed by atoms with E-state index < -0.39 is 0 Å². The van der Waals surface area contributed by atoms with E-state index in [2.05, 4.69) is 220 Å². The quantitative estimate of drug-likeness (QED) is 0.166. The first-order chi connectivity index (χ1) is 29.4. The van der Waals surface area contributed by atoms with Crippen LogP contribution < -0.4 is 0 Å². The zero-order chi connectivity index (χ0) is 44.1. The number of aromatic nitrogens is 3. The van der Waals surface area contributed by atoms with Crippen LogP contribution in [0.4, 0.5) is 0 Å². The highest BCUT2D eigenvalue weighted by molar-refractivity contribution is 5.97. The van der Waals surface area contributed by atoms with E-state index in [9.17, 15) is 5.11 Å². The van der Waals surface area contributed by atoms with Crippen molar-refractivity contribution in [2.24, 2.45) is 5.92 Å². The van der Waals surface area contributed by atoms with E-state index in [1.165, 1.54) is 22.3 Å². The largest absolute Gasteiger partial charge is 0.507 e. The van der Waals surface area contributed by atoms with Crippen LogP contribution in [0.2, 0.25) is 0 Å². The Hall–Kier alpha value is -6.26. The van der Waals surface area contributed by atoms with Crippen molar-refractivity contribution >= 4 is 11.0 Å². The van der Waals surface area contributed by atoms with Gasteiger partial charge in [0.2, 0.25) is 0 Å². The molecule has 8 rings (SSSR count). The number of hydrogen-bond donors (Lipinski definition) is 1. The van der Waals surface area contributed by atoms with Crippen LogP contribution in [0, 0.1) is 5.92 Å². The van der Waals surface area contributed by atoms with E-state index in [1.807, 2.05) is 6.20 Å². The molecule has 2 aromatic heterocycles. The maximum Gasteiger partial charge on any atom is 0.149 e. The van der Waals surface area contributed by atoms with Crippen molar-refractivity contribution in [1.82, 2.24) is 14.5 Å². The average Bonchev–Trinajstić information content (AvgIpc) is 3.62. The Labute approximate surface area is 369 Å². The Morgan fingerprint density at radius 2 is 1.18 bits per heavy atom. The van der Waals surface area contributed by atoms with Crippen LogP contribution in [0.15, 0.2) is 146 Å². The molecule has 8 aromatic rings. The lowest BCUT2D eigenvalue weighted by atomic mass is 9.79. The molecule has 0 radical (unpaired) electrons. The second-order valence-corrected chi connectivity index (χ2v) is 20.5. The standard InChI is InChI=1S/C58H61N3O/c1-37(2)29-41-33-46(25-26-47(41)39-21-16-13-17-22-39)61-52-24-18-23-48(53(52)60-55(61)49-35-45(57(6,7)8)36-50(54(49)62)58(9,10)11)42-30-43(32-44(31-42)56(3,4)5)51-34-40(27-28-59-51)38-19-14-12-15-20-38/h12-28,30-37,62H,29H2,1-11H3. The molecule has 0 aliphatic rings. The topological polar surface area (TPSA) is 50.9 Å². The van der Waals surface area contributed by atoms with Gasteiger partial charge < -0.3 is 5.11 Å². The fraction of sp³-hybridized carbons (Fsp3) is 0.276. The van der Waals surface area contributed by atoms with Gasteiger partial charge in [-0.25, -0.2) is 4.98 Å². The maximum atomic E-state index is 12.5. The van der Waals surface area contributed by atoms with E-state index in [0.717, 1.165) is 73.3 Å². The van der Waals surface area contributed by atoms with Crippen LogP contribution in [-0.2, 0) is 22.7 Å². The van der Waals surface area contributed by atoms with Crippen molar-refractivity contribution in [3.8, 4) is 67.5 Å². The highest BCUT2D eigenvalue weighted by Gasteiger charge is 2.29. The lowest BCUT2D eigenvalue weighted by Gasteiger charge is -2.27. The van der Waals surface area contributed by atoms with Gasteiger partial charge in [-0.1, -0.05) is 167 Å². The zero-order valence-corrected chi connectivity index (χ0v) is 38.4. The van der Waals surface area contributed by atoms with Gasteiger partial charge in [-0.05, 0) is 122 Å². The second kappa shape index (κ2) is 16.2. The molecule has 0 aliphatic heterocycles. The number of rotatable bonds is 8. The summed E-state index contributed by atoms with van der Waals surface area (Å²) in [7, 11) is 0. The molecule has 4 heteroatoms. The van der Waals surface area contributed by atoms with E-state index in [4.69, 9.17) is 9.97 Å². The van der Waals surface area contributed by atoms with E-state index in [0.29, 0.717) is 11.7 Å². The van der Waals surface area contributed by atoms with Crippen LogP contribution in [0.1, 0.15) is 98.4 Å². The van der Waals surface area contributed by atoms with Crippen LogP contribution >= 0.6 is 0 Å². The average molecular weight is 816 g/mol. The summed E-state index contributed by atoms with van der Waals surface area (Å²) >= 11 is 0. The molecule has 314 valence electrons. The van der Waals surface area contributed by atoms with E-state index in [1.54, 1.807) is 0 Å². The van der Waals surface area contributed by atoms with Crippen molar-refractivity contribution < 1.29 is 5.11 Å². The molecule has 4 nitrogen and oxygen atoms in total. The number of fused-ring (bicyclic) bond motifs is 1. The van der Waals surface area contributed by atoms with Crippen LogP contribution in [-0.4, -0.2) is 19.6 Å². The number of imidazole rings is 1. The number of pyridine rings is 1. The Balaban J connectivity index is 1.43. The normalized spacial score (nSPS) is 12.4. The summed E-state index contributed by atoms with van der Waals surface area (Å²) in [4.78, 5) is 10.6. The lowest BCUT2D eigenvalue weighted by molar-refractivity contribution is 0.446. The Morgan fingerprint density at radius 1 is 0.532 bits per heavy atom. The number of nitrogens with zero attached hydrogens (tertiary/aromatic N) is 3. The summed E-state index contributed by atoms with van der Waals surface area (Å²) in [5.41, 5.74) is 16.4. The third-order valence-electron chi connectivity index (χ3n) is 12.0. The maximum absolute atomic E-state index is 12.5. The van der Waals surface area contributed by atoms with Crippen molar-refractivity contribution in [2.45, 2.75) is 98.8 Å². The highest BCUT2D eigenvalue weighted by atomic mass is 16.3. The van der Waals surface area contributed by atoms with Gasteiger partial charge in [0.1, 0.15) is 11.6 Å². The summed E-state index contributed by atoms with van der Waals surface area (Å²) in [6.45, 7) is 24.6. The molecule has 0 unspecified atom stereocenters. The Kier molecular flexibility index (Phi) is 11.1. The Bertz CT molecular complexity index is 2900. The zero-order valence-electron chi connectivity index (χ0n) is 38.4. The molecule has 2 heterocycles. The van der Waals surface area contributed by atoms with Gasteiger partial charge in [0, 0.05) is 28.6 Å². The number of aromatic hydroxyl groups is 1. The van der Waals surface area contributed by atoms with Crippen molar-refractivity contribution in [2.75, 3.05) is 0 Å². The number of hydrogen-bond acceptors (Lipinski definition) is 3. The second-order valence-electron chi connectivity index (χ2n) is 20.5. The number of phenols is 1. The van der Waals surface area contributed by atoms with Crippen LogP contribution in [0.5, 0.6) is 5.75 Å². The fourth-order valence-electron chi connectivity index (χ4n) is 8.57. The van der Waals surface area contributed by atoms with E-state index in [-0.39, 0.29) is 22.0 Å². The van der Waals surface area contributed by atoms with Gasteiger partial charge in [-0.2, -0.15) is 0 Å². The minimum atomic E-state index is -0.306.